The summed E-state index contributed by atoms with van der Waals surface area (Å²) < 4.78 is 4.43. The summed E-state index contributed by atoms with van der Waals surface area (Å²) in [6.07, 6.45) is 0.211. The number of aliphatic hydroxyl groups excluding tert-OH is 1. The molecule has 1 rings (SSSR count). The second-order valence-electron chi connectivity index (χ2n) is 2.71. The first kappa shape index (κ1) is 10.7. The minimum Gasteiger partial charge on any atom is -0.468 e. The maximum absolute atomic E-state index is 10.8. The van der Waals surface area contributed by atoms with E-state index in [1.54, 1.807) is 0 Å². The Balaban J connectivity index is 0.000001000. The number of carbonyl (C=O) groups excluding carboxylic acids is 1. The van der Waals surface area contributed by atoms with Gasteiger partial charge >= 0.3 is 5.97 Å². The molecule has 0 aromatic rings. The molecule has 0 bridgehead atoms. The zero-order valence-electron chi connectivity index (χ0n) is 6.24. The zero-order valence-corrected chi connectivity index (χ0v) is 7.06. The van der Waals surface area contributed by atoms with Crippen molar-refractivity contribution in [2.24, 2.45) is 5.73 Å². The maximum atomic E-state index is 10.8. The molecule has 0 saturated heterocycles. The van der Waals surface area contributed by atoms with Gasteiger partial charge in [-0.3, -0.25) is 4.79 Å². The average Bonchev–Trinajstić information content (AvgIpc) is 1.83. The fourth-order valence-corrected chi connectivity index (χ4v) is 1.15. The van der Waals surface area contributed by atoms with Crippen LogP contribution in [-0.4, -0.2) is 29.8 Å². The second kappa shape index (κ2) is 3.38. The van der Waals surface area contributed by atoms with Crippen LogP contribution in [0, 0.1) is 0 Å². The van der Waals surface area contributed by atoms with Gasteiger partial charge in [0, 0.05) is 12.8 Å². The number of hydrogen-bond acceptors (Lipinski definition) is 4. The lowest BCUT2D eigenvalue weighted by Crippen LogP contribution is -2.60. The molecule has 0 aromatic carbocycles. The van der Waals surface area contributed by atoms with Crippen molar-refractivity contribution in [3.05, 3.63) is 0 Å². The predicted octanol–water partition coefficient (Wildman–Crippen LogP) is -0.567. The van der Waals surface area contributed by atoms with E-state index in [0.717, 1.165) is 0 Å². The average molecular weight is 182 g/mol. The van der Waals surface area contributed by atoms with E-state index < -0.39 is 17.6 Å². The van der Waals surface area contributed by atoms with Crippen molar-refractivity contribution < 1.29 is 14.6 Å². The van der Waals surface area contributed by atoms with E-state index in [1.165, 1.54) is 7.11 Å². The van der Waals surface area contributed by atoms with Gasteiger partial charge in [-0.25, -0.2) is 0 Å². The van der Waals surface area contributed by atoms with E-state index in [0.29, 0.717) is 12.8 Å². The number of hydrogen-bond donors (Lipinski definition) is 2. The quantitative estimate of drug-likeness (QED) is 0.532. The number of methoxy groups -OCH3 is 1. The molecular formula is C6H12ClNO3. The van der Waals surface area contributed by atoms with Crippen LogP contribution in [0.25, 0.3) is 0 Å². The normalized spacial score (nSPS) is 35.0. The number of carbonyl (C=O) groups is 1. The Hall–Kier alpha value is -0.320. The van der Waals surface area contributed by atoms with Crippen LogP contribution in [0.5, 0.6) is 0 Å². The van der Waals surface area contributed by atoms with Crippen LogP contribution in [0.15, 0.2) is 0 Å². The van der Waals surface area contributed by atoms with Crippen LogP contribution < -0.4 is 5.73 Å². The number of rotatable bonds is 1. The first-order valence-corrected chi connectivity index (χ1v) is 3.14. The monoisotopic (exact) mass is 181 g/mol. The molecule has 0 atom stereocenters. The van der Waals surface area contributed by atoms with Gasteiger partial charge in [0.05, 0.1) is 13.2 Å². The maximum Gasteiger partial charge on any atom is 0.326 e. The van der Waals surface area contributed by atoms with Gasteiger partial charge in [0.1, 0.15) is 5.54 Å². The van der Waals surface area contributed by atoms with Gasteiger partial charge in [0.15, 0.2) is 0 Å². The molecule has 3 N–H and O–H groups in total. The summed E-state index contributed by atoms with van der Waals surface area (Å²) in [4.78, 5) is 10.8. The minimum absolute atomic E-state index is 0. The molecule has 11 heavy (non-hydrogen) atoms. The van der Waals surface area contributed by atoms with Crippen molar-refractivity contribution >= 4 is 18.4 Å². The molecular weight excluding hydrogens is 170 g/mol. The molecule has 1 aliphatic rings. The van der Waals surface area contributed by atoms with Crippen LogP contribution in [0.4, 0.5) is 0 Å². The Morgan fingerprint density at radius 1 is 1.73 bits per heavy atom. The van der Waals surface area contributed by atoms with Crippen molar-refractivity contribution in [1.82, 2.24) is 0 Å². The first-order valence-electron chi connectivity index (χ1n) is 3.14. The fourth-order valence-electron chi connectivity index (χ4n) is 1.15. The molecule has 4 nitrogen and oxygen atoms in total. The highest BCUT2D eigenvalue weighted by Crippen LogP contribution is 2.30. The first-order chi connectivity index (χ1) is 4.58. The summed E-state index contributed by atoms with van der Waals surface area (Å²) in [7, 11) is 1.29. The van der Waals surface area contributed by atoms with Gasteiger partial charge in [-0.15, -0.1) is 12.4 Å². The summed E-state index contributed by atoms with van der Waals surface area (Å²) in [6, 6.07) is 0. The third-order valence-electron chi connectivity index (χ3n) is 1.79. The van der Waals surface area contributed by atoms with Gasteiger partial charge in [0.25, 0.3) is 0 Å². The number of ether oxygens (including phenoxy) is 1. The smallest absolute Gasteiger partial charge is 0.326 e. The highest BCUT2D eigenvalue weighted by molar-refractivity contribution is 5.85. The highest BCUT2D eigenvalue weighted by Gasteiger charge is 2.47. The van der Waals surface area contributed by atoms with Gasteiger partial charge in [-0.05, 0) is 0 Å². The van der Waals surface area contributed by atoms with Crippen LogP contribution >= 0.6 is 12.4 Å². The molecule has 1 aliphatic carbocycles. The molecule has 0 aliphatic heterocycles. The number of halogens is 1. The summed E-state index contributed by atoms with van der Waals surface area (Å²) >= 11 is 0. The minimum atomic E-state index is -0.909. The summed E-state index contributed by atoms with van der Waals surface area (Å²) in [5.41, 5.74) is 4.60. The van der Waals surface area contributed by atoms with E-state index in [9.17, 15) is 4.79 Å². The third kappa shape index (κ3) is 1.83. The summed E-state index contributed by atoms with van der Waals surface area (Å²) in [5.74, 6) is -0.433. The van der Waals surface area contributed by atoms with Crippen molar-refractivity contribution in [3.63, 3.8) is 0 Å². The summed E-state index contributed by atoms with van der Waals surface area (Å²) in [5, 5.41) is 8.84. The molecule has 0 unspecified atom stereocenters. The number of nitrogens with two attached hydrogens (primary N) is 1. The molecule has 0 spiro atoms. The lowest BCUT2D eigenvalue weighted by Gasteiger charge is -2.38. The van der Waals surface area contributed by atoms with Crippen molar-refractivity contribution in [2.75, 3.05) is 7.11 Å². The van der Waals surface area contributed by atoms with E-state index in [-0.39, 0.29) is 12.4 Å². The highest BCUT2D eigenvalue weighted by atomic mass is 35.5. The predicted molar refractivity (Wildman–Crippen MR) is 41.4 cm³/mol. The van der Waals surface area contributed by atoms with Gasteiger partial charge in [-0.2, -0.15) is 0 Å². The fraction of sp³-hybridized carbons (Fsp3) is 0.833. The van der Waals surface area contributed by atoms with Gasteiger partial charge in [0.2, 0.25) is 0 Å². The van der Waals surface area contributed by atoms with E-state index in [1.807, 2.05) is 0 Å². The molecule has 0 aromatic heterocycles. The second-order valence-corrected chi connectivity index (χ2v) is 2.71. The van der Waals surface area contributed by atoms with E-state index in [2.05, 4.69) is 4.74 Å². The molecule has 0 amide bonds. The van der Waals surface area contributed by atoms with Crippen molar-refractivity contribution in [3.8, 4) is 0 Å². The molecule has 1 saturated carbocycles. The Bertz CT molecular complexity index is 156. The van der Waals surface area contributed by atoms with Crippen molar-refractivity contribution in [1.29, 1.82) is 0 Å². The zero-order chi connectivity index (χ0) is 7.78. The standard InChI is InChI=1S/C6H11NO3.ClH/c1-10-5(9)6(7)2-4(8)3-6;/h4,8H,2-3,7H2,1H3;1H. The van der Waals surface area contributed by atoms with Crippen LogP contribution in [0.1, 0.15) is 12.8 Å². The number of esters is 1. The lowest BCUT2D eigenvalue weighted by molar-refractivity contribution is -0.155. The van der Waals surface area contributed by atoms with Crippen molar-refractivity contribution in [2.45, 2.75) is 24.5 Å². The SMILES string of the molecule is COC(=O)C1(N)CC(O)C1.Cl. The van der Waals surface area contributed by atoms with E-state index >= 15 is 0 Å². The molecule has 1 fully saturated rings. The topological polar surface area (TPSA) is 72.5 Å². The van der Waals surface area contributed by atoms with Crippen LogP contribution in [0.3, 0.4) is 0 Å². The van der Waals surface area contributed by atoms with Gasteiger partial charge < -0.3 is 15.6 Å². The largest absolute Gasteiger partial charge is 0.468 e. The molecule has 66 valence electrons. The molecule has 5 heteroatoms. The Morgan fingerprint density at radius 3 is 2.45 bits per heavy atom. The molecule has 0 radical (unpaired) electrons. The van der Waals surface area contributed by atoms with Crippen LogP contribution in [-0.2, 0) is 9.53 Å². The molecule has 0 heterocycles. The third-order valence-corrected chi connectivity index (χ3v) is 1.79. The Labute approximate surface area is 71.1 Å². The Morgan fingerprint density at radius 2 is 2.18 bits per heavy atom. The number of aliphatic hydroxyl groups is 1. The van der Waals surface area contributed by atoms with Gasteiger partial charge in [-0.1, -0.05) is 0 Å². The Kier molecular flexibility index (Phi) is 3.29. The van der Waals surface area contributed by atoms with Crippen LogP contribution in [0.2, 0.25) is 0 Å². The summed E-state index contributed by atoms with van der Waals surface area (Å²) in [6.45, 7) is 0. The van der Waals surface area contributed by atoms with E-state index in [4.69, 9.17) is 10.8 Å². The lowest BCUT2D eigenvalue weighted by atomic mass is 9.75.